The third kappa shape index (κ3) is 4.67. The van der Waals surface area contributed by atoms with Crippen LogP contribution in [-0.2, 0) is 4.79 Å². The number of nitrogens with one attached hydrogen (secondary N) is 2. The van der Waals surface area contributed by atoms with Gasteiger partial charge in [-0.3, -0.25) is 9.59 Å². The van der Waals surface area contributed by atoms with E-state index in [1.165, 1.54) is 29.2 Å². The van der Waals surface area contributed by atoms with Crippen molar-refractivity contribution in [3.8, 4) is 0 Å². The first-order chi connectivity index (χ1) is 9.63. The number of aromatic amines is 1. The van der Waals surface area contributed by atoms with E-state index in [1.54, 1.807) is 11.6 Å². The number of carbonyl (C=O) groups excluding carboxylic acids is 1. The molecule has 0 aromatic carbocycles. The lowest BCUT2D eigenvalue weighted by Gasteiger charge is -2.02. The molecule has 0 aliphatic heterocycles. The molecular formula is C11H13N5O2S2. The van der Waals surface area contributed by atoms with Gasteiger partial charge in [0.2, 0.25) is 5.91 Å². The van der Waals surface area contributed by atoms with Crippen LogP contribution in [0.15, 0.2) is 27.6 Å². The molecule has 0 unspecified atom stereocenters. The number of thioether (sulfide) groups is 1. The molecule has 0 radical (unpaired) electrons. The van der Waals surface area contributed by atoms with E-state index in [9.17, 15) is 9.59 Å². The second kappa shape index (κ2) is 7.06. The first-order valence-electron chi connectivity index (χ1n) is 5.82. The van der Waals surface area contributed by atoms with Crippen molar-refractivity contribution in [2.45, 2.75) is 18.0 Å². The summed E-state index contributed by atoms with van der Waals surface area (Å²) in [5, 5.41) is 5.57. The van der Waals surface area contributed by atoms with E-state index in [1.807, 2.05) is 0 Å². The molecule has 9 heteroatoms. The number of carbonyl (C=O) groups is 1. The minimum absolute atomic E-state index is 0.0745. The summed E-state index contributed by atoms with van der Waals surface area (Å²) < 4.78 is 0. The van der Waals surface area contributed by atoms with Gasteiger partial charge in [0.1, 0.15) is 5.82 Å². The summed E-state index contributed by atoms with van der Waals surface area (Å²) in [7, 11) is 0. The number of thiazole rings is 1. The lowest BCUT2D eigenvalue weighted by Crippen LogP contribution is -2.11. The first-order valence-corrected chi connectivity index (χ1v) is 7.69. The Morgan fingerprint density at radius 3 is 3.10 bits per heavy atom. The van der Waals surface area contributed by atoms with Crippen molar-refractivity contribution >= 4 is 40.0 Å². The molecule has 2 aromatic heterocycles. The molecule has 7 nitrogen and oxygen atoms in total. The largest absolute Gasteiger partial charge is 0.383 e. The van der Waals surface area contributed by atoms with Crippen LogP contribution in [0, 0.1) is 0 Å². The Hall–Kier alpha value is -1.87. The summed E-state index contributed by atoms with van der Waals surface area (Å²) in [6, 6.07) is 1.23. The van der Waals surface area contributed by atoms with Gasteiger partial charge in [-0.05, 0) is 6.42 Å². The molecule has 0 fully saturated rings. The smallest absolute Gasteiger partial charge is 0.253 e. The Labute approximate surface area is 123 Å². The van der Waals surface area contributed by atoms with Crippen molar-refractivity contribution in [3.63, 3.8) is 0 Å². The van der Waals surface area contributed by atoms with Crippen LogP contribution in [0.25, 0.3) is 0 Å². The third-order valence-electron chi connectivity index (χ3n) is 2.21. The zero-order valence-electron chi connectivity index (χ0n) is 10.5. The molecule has 0 atom stereocenters. The number of H-pyrrole nitrogens is 1. The standard InChI is InChI=1S/C11H13N5O2S2/c12-7-6-9(18)16-11(14-7)19-4-1-2-8(17)15-10-13-3-5-20-10/h3,5-6H,1-2,4H2,(H,13,15,17)(H3,12,14,16,18). The average molecular weight is 311 g/mol. The van der Waals surface area contributed by atoms with Crippen LogP contribution in [0.3, 0.4) is 0 Å². The predicted molar refractivity (Wildman–Crippen MR) is 80.0 cm³/mol. The lowest BCUT2D eigenvalue weighted by atomic mass is 10.3. The fraction of sp³-hybridized carbons (Fsp3) is 0.273. The molecule has 0 spiro atoms. The van der Waals surface area contributed by atoms with Crippen LogP contribution >= 0.6 is 23.1 Å². The van der Waals surface area contributed by atoms with Crippen molar-refractivity contribution in [3.05, 3.63) is 28.0 Å². The molecule has 2 heterocycles. The van der Waals surface area contributed by atoms with E-state index < -0.39 is 0 Å². The molecule has 2 rings (SSSR count). The van der Waals surface area contributed by atoms with Crippen molar-refractivity contribution in [2.75, 3.05) is 16.8 Å². The number of amides is 1. The van der Waals surface area contributed by atoms with E-state index in [0.717, 1.165) is 0 Å². The topological polar surface area (TPSA) is 114 Å². The third-order valence-corrected chi connectivity index (χ3v) is 3.85. The monoisotopic (exact) mass is 311 g/mol. The van der Waals surface area contributed by atoms with Crippen molar-refractivity contribution in [1.82, 2.24) is 15.0 Å². The maximum atomic E-state index is 11.6. The van der Waals surface area contributed by atoms with E-state index in [2.05, 4.69) is 20.3 Å². The number of hydrogen-bond acceptors (Lipinski definition) is 7. The molecule has 0 bridgehead atoms. The number of anilines is 2. The maximum Gasteiger partial charge on any atom is 0.253 e. The van der Waals surface area contributed by atoms with Gasteiger partial charge < -0.3 is 16.0 Å². The van der Waals surface area contributed by atoms with E-state index in [0.29, 0.717) is 28.9 Å². The SMILES string of the molecule is Nc1cc(=O)[nH]c(SCCCC(=O)Nc2nccs2)n1. The number of rotatable bonds is 6. The summed E-state index contributed by atoms with van der Waals surface area (Å²) in [4.78, 5) is 33.3. The van der Waals surface area contributed by atoms with E-state index in [4.69, 9.17) is 5.73 Å². The highest BCUT2D eigenvalue weighted by molar-refractivity contribution is 7.99. The fourth-order valence-electron chi connectivity index (χ4n) is 1.39. The first kappa shape index (κ1) is 14.5. The highest BCUT2D eigenvalue weighted by Crippen LogP contribution is 2.15. The van der Waals surface area contributed by atoms with Crippen molar-refractivity contribution < 1.29 is 4.79 Å². The summed E-state index contributed by atoms with van der Waals surface area (Å²) in [6.45, 7) is 0. The molecule has 4 N–H and O–H groups in total. The highest BCUT2D eigenvalue weighted by atomic mass is 32.2. The highest BCUT2D eigenvalue weighted by Gasteiger charge is 2.05. The molecular weight excluding hydrogens is 298 g/mol. The zero-order chi connectivity index (χ0) is 14.4. The molecule has 106 valence electrons. The van der Waals surface area contributed by atoms with Gasteiger partial charge in [0.15, 0.2) is 10.3 Å². The number of aromatic nitrogens is 3. The van der Waals surface area contributed by atoms with E-state index in [-0.39, 0.29) is 17.3 Å². The molecule has 0 saturated carbocycles. The molecule has 0 aliphatic carbocycles. The summed E-state index contributed by atoms with van der Waals surface area (Å²) in [5.74, 6) is 0.782. The van der Waals surface area contributed by atoms with Crippen LogP contribution in [0.5, 0.6) is 0 Å². The average Bonchev–Trinajstić information content (AvgIpc) is 2.86. The Bertz CT molecular complexity index is 626. The minimum Gasteiger partial charge on any atom is -0.383 e. The summed E-state index contributed by atoms with van der Waals surface area (Å²) in [5.41, 5.74) is 5.20. The zero-order valence-corrected chi connectivity index (χ0v) is 12.1. The Morgan fingerprint density at radius 2 is 2.40 bits per heavy atom. The number of nitrogens with two attached hydrogens (primary N) is 1. The van der Waals surface area contributed by atoms with Gasteiger partial charge in [0, 0.05) is 29.8 Å². The molecule has 0 aliphatic rings. The van der Waals surface area contributed by atoms with Gasteiger partial charge in [-0.15, -0.1) is 11.3 Å². The Morgan fingerprint density at radius 1 is 1.55 bits per heavy atom. The normalized spacial score (nSPS) is 10.4. The van der Waals surface area contributed by atoms with Gasteiger partial charge in [-0.1, -0.05) is 11.8 Å². The second-order valence-corrected chi connectivity index (χ2v) is 5.79. The van der Waals surface area contributed by atoms with Crippen LogP contribution < -0.4 is 16.6 Å². The second-order valence-electron chi connectivity index (χ2n) is 3.81. The van der Waals surface area contributed by atoms with Gasteiger partial charge in [0.05, 0.1) is 0 Å². The Kier molecular flexibility index (Phi) is 5.13. The minimum atomic E-state index is -0.276. The quantitative estimate of drug-likeness (QED) is 0.421. The number of nitrogens with zero attached hydrogens (tertiary/aromatic N) is 2. The number of nitrogen functional groups attached to an aromatic ring is 1. The maximum absolute atomic E-state index is 11.6. The van der Waals surface area contributed by atoms with Crippen LogP contribution in [0.4, 0.5) is 10.9 Å². The Balaban J connectivity index is 1.71. The summed E-state index contributed by atoms with van der Waals surface area (Å²) in [6.07, 6.45) is 2.69. The molecule has 1 amide bonds. The lowest BCUT2D eigenvalue weighted by molar-refractivity contribution is -0.116. The molecule has 20 heavy (non-hydrogen) atoms. The fourth-order valence-corrected chi connectivity index (χ4v) is 2.76. The molecule has 2 aromatic rings. The van der Waals surface area contributed by atoms with Gasteiger partial charge >= 0.3 is 0 Å². The molecule has 0 saturated heterocycles. The van der Waals surface area contributed by atoms with Gasteiger partial charge in [-0.25, -0.2) is 9.97 Å². The van der Waals surface area contributed by atoms with Gasteiger partial charge in [-0.2, -0.15) is 0 Å². The van der Waals surface area contributed by atoms with Crippen molar-refractivity contribution in [2.24, 2.45) is 0 Å². The predicted octanol–water partition coefficient (Wildman–Crippen LogP) is 1.32. The van der Waals surface area contributed by atoms with Crippen LogP contribution in [-0.4, -0.2) is 26.6 Å². The van der Waals surface area contributed by atoms with Crippen LogP contribution in [0.2, 0.25) is 0 Å². The summed E-state index contributed by atoms with van der Waals surface area (Å²) >= 11 is 2.74. The van der Waals surface area contributed by atoms with Crippen LogP contribution in [0.1, 0.15) is 12.8 Å². The van der Waals surface area contributed by atoms with Gasteiger partial charge in [0.25, 0.3) is 5.56 Å². The van der Waals surface area contributed by atoms with E-state index >= 15 is 0 Å². The number of hydrogen-bond donors (Lipinski definition) is 3. The van der Waals surface area contributed by atoms with Crippen molar-refractivity contribution in [1.29, 1.82) is 0 Å².